The van der Waals surface area contributed by atoms with Gasteiger partial charge in [0.2, 0.25) is 0 Å². The molecule has 0 aromatic heterocycles. The van der Waals surface area contributed by atoms with Crippen molar-refractivity contribution in [3.8, 4) is 0 Å². The fourth-order valence-corrected chi connectivity index (χ4v) is 0.720. The van der Waals surface area contributed by atoms with E-state index in [4.69, 9.17) is 10.8 Å². The lowest BCUT2D eigenvalue weighted by molar-refractivity contribution is 0.0600. The smallest absolute Gasteiger partial charge is 0.405 e. The third-order valence-electron chi connectivity index (χ3n) is 1.11. The van der Waals surface area contributed by atoms with E-state index in [1.165, 1.54) is 0 Å². The van der Waals surface area contributed by atoms with Gasteiger partial charge in [-0.3, -0.25) is 0 Å². The Morgan fingerprint density at radius 1 is 1.50 bits per heavy atom. The molecule has 3 N–H and O–H groups in total. The minimum absolute atomic E-state index is 0.102. The lowest BCUT2D eigenvalue weighted by Gasteiger charge is -2.16. The summed E-state index contributed by atoms with van der Waals surface area (Å²) in [4.78, 5) is 10.0. The maximum atomic E-state index is 10.0. The summed E-state index contributed by atoms with van der Waals surface area (Å²) in [5, 5.41) is 8.55. The summed E-state index contributed by atoms with van der Waals surface area (Å²) in [6.45, 7) is 9.16. The molecule has 0 aromatic carbocycles. The van der Waals surface area contributed by atoms with E-state index in [-0.39, 0.29) is 6.10 Å². The Bertz CT molecular complexity index is 150. The van der Waals surface area contributed by atoms with E-state index in [0.29, 0.717) is 0 Å². The zero-order valence-electron chi connectivity index (χ0n) is 9.83. The van der Waals surface area contributed by atoms with E-state index in [2.05, 4.69) is 11.7 Å². The van der Waals surface area contributed by atoms with Gasteiger partial charge in [-0.2, -0.15) is 0 Å². The van der Waals surface area contributed by atoms with Crippen molar-refractivity contribution in [2.45, 2.75) is 59.2 Å². The molecule has 0 saturated carbocycles. The van der Waals surface area contributed by atoms with Crippen LogP contribution in [0.15, 0.2) is 0 Å². The van der Waals surface area contributed by atoms with Gasteiger partial charge in [0.05, 0.1) is 6.10 Å². The van der Waals surface area contributed by atoms with Crippen LogP contribution in [0.2, 0.25) is 0 Å². The lowest BCUT2D eigenvalue weighted by atomic mass is 10.2. The standard InChI is InChI=1S/C5H11NO2.C5H12O/c1-5(2,3)8-4(6)7;1-3-4-5(2)6/h1-3H3,(H2,6,7);5-6H,3-4H2,1-2H3. The van der Waals surface area contributed by atoms with Crippen LogP contribution >= 0.6 is 0 Å². The molecule has 0 saturated heterocycles. The first kappa shape index (κ1) is 15.7. The highest BCUT2D eigenvalue weighted by molar-refractivity contribution is 5.65. The monoisotopic (exact) mass is 205 g/mol. The number of primary amides is 1. The number of aliphatic hydroxyl groups is 1. The van der Waals surface area contributed by atoms with E-state index in [1.807, 2.05) is 6.92 Å². The quantitative estimate of drug-likeness (QED) is 0.724. The highest BCUT2D eigenvalue weighted by Crippen LogP contribution is 2.04. The Kier molecular flexibility index (Phi) is 8.54. The zero-order chi connectivity index (χ0) is 11.8. The average Bonchev–Trinajstić information content (AvgIpc) is 1.80. The number of rotatable bonds is 2. The number of aliphatic hydroxyl groups excluding tert-OH is 1. The molecule has 0 aliphatic heterocycles. The van der Waals surface area contributed by atoms with Gasteiger partial charge in [-0.05, 0) is 34.1 Å². The third-order valence-corrected chi connectivity index (χ3v) is 1.11. The lowest BCUT2D eigenvalue weighted by Crippen LogP contribution is -2.27. The second-order valence-corrected chi connectivity index (χ2v) is 4.17. The predicted octanol–water partition coefficient (Wildman–Crippen LogP) is 2.05. The van der Waals surface area contributed by atoms with Crippen LogP contribution in [0, 0.1) is 0 Å². The number of amides is 1. The Hall–Kier alpha value is -0.770. The first-order valence-electron chi connectivity index (χ1n) is 4.85. The van der Waals surface area contributed by atoms with E-state index in [0.717, 1.165) is 12.8 Å². The molecular formula is C10H23NO3. The topological polar surface area (TPSA) is 72.5 Å². The number of carbonyl (C=O) groups excluding carboxylic acids is 1. The van der Waals surface area contributed by atoms with Gasteiger partial charge < -0.3 is 15.6 Å². The molecule has 0 radical (unpaired) electrons. The summed E-state index contributed by atoms with van der Waals surface area (Å²) in [5.74, 6) is 0. The van der Waals surface area contributed by atoms with Crippen molar-refractivity contribution in [3.63, 3.8) is 0 Å². The van der Waals surface area contributed by atoms with Crippen LogP contribution in [0.1, 0.15) is 47.5 Å². The number of hydrogen-bond donors (Lipinski definition) is 2. The third kappa shape index (κ3) is 22.5. The number of nitrogens with two attached hydrogens (primary N) is 1. The van der Waals surface area contributed by atoms with Gasteiger partial charge in [0.1, 0.15) is 5.60 Å². The fraction of sp³-hybridized carbons (Fsp3) is 0.900. The van der Waals surface area contributed by atoms with Gasteiger partial charge in [0.15, 0.2) is 0 Å². The van der Waals surface area contributed by atoms with Crippen molar-refractivity contribution in [1.82, 2.24) is 0 Å². The maximum Gasteiger partial charge on any atom is 0.405 e. The predicted molar refractivity (Wildman–Crippen MR) is 57.0 cm³/mol. The van der Waals surface area contributed by atoms with Gasteiger partial charge in [-0.1, -0.05) is 13.3 Å². The van der Waals surface area contributed by atoms with Crippen molar-refractivity contribution in [2.75, 3.05) is 0 Å². The molecule has 0 aromatic rings. The Morgan fingerprint density at radius 2 is 1.93 bits per heavy atom. The highest BCUT2D eigenvalue weighted by Gasteiger charge is 2.12. The van der Waals surface area contributed by atoms with Gasteiger partial charge in [-0.25, -0.2) is 4.79 Å². The maximum absolute atomic E-state index is 10.0. The molecule has 0 aliphatic carbocycles. The molecular weight excluding hydrogens is 182 g/mol. The van der Waals surface area contributed by atoms with E-state index in [9.17, 15) is 4.79 Å². The van der Waals surface area contributed by atoms with Gasteiger partial charge in [0, 0.05) is 0 Å². The molecule has 14 heavy (non-hydrogen) atoms. The summed E-state index contributed by atoms with van der Waals surface area (Å²) < 4.78 is 4.58. The van der Waals surface area contributed by atoms with E-state index < -0.39 is 11.7 Å². The largest absolute Gasteiger partial charge is 0.444 e. The van der Waals surface area contributed by atoms with E-state index in [1.54, 1.807) is 20.8 Å². The first-order valence-corrected chi connectivity index (χ1v) is 4.85. The van der Waals surface area contributed by atoms with Crippen LogP contribution in [0.3, 0.4) is 0 Å². The molecule has 0 heterocycles. The molecule has 4 nitrogen and oxygen atoms in total. The summed E-state index contributed by atoms with van der Waals surface area (Å²) in [6, 6.07) is 0. The van der Waals surface area contributed by atoms with Crippen LogP contribution in [0.25, 0.3) is 0 Å². The summed E-state index contributed by atoms with van der Waals surface area (Å²) >= 11 is 0. The molecule has 4 heteroatoms. The summed E-state index contributed by atoms with van der Waals surface area (Å²) in [7, 11) is 0. The zero-order valence-corrected chi connectivity index (χ0v) is 9.83. The second kappa shape index (κ2) is 7.62. The van der Waals surface area contributed by atoms with Gasteiger partial charge in [-0.15, -0.1) is 0 Å². The Balaban J connectivity index is 0. The Morgan fingerprint density at radius 3 is 1.93 bits per heavy atom. The summed E-state index contributed by atoms with van der Waals surface area (Å²) in [6.07, 6.45) is 1.19. The molecule has 1 atom stereocenters. The van der Waals surface area contributed by atoms with Crippen LogP contribution in [-0.4, -0.2) is 22.9 Å². The summed E-state index contributed by atoms with van der Waals surface area (Å²) in [5.41, 5.74) is 4.26. The number of hydrogen-bond acceptors (Lipinski definition) is 3. The van der Waals surface area contributed by atoms with Crippen molar-refractivity contribution < 1.29 is 14.6 Å². The van der Waals surface area contributed by atoms with Crippen molar-refractivity contribution in [3.05, 3.63) is 0 Å². The normalized spacial score (nSPS) is 12.4. The first-order chi connectivity index (χ1) is 6.19. The molecule has 0 bridgehead atoms. The van der Waals surface area contributed by atoms with E-state index >= 15 is 0 Å². The van der Waals surface area contributed by atoms with Crippen LogP contribution < -0.4 is 5.73 Å². The molecule has 1 amide bonds. The minimum atomic E-state index is -0.725. The van der Waals surface area contributed by atoms with Gasteiger partial charge >= 0.3 is 6.09 Å². The molecule has 86 valence electrons. The van der Waals surface area contributed by atoms with Crippen LogP contribution in [0.4, 0.5) is 4.79 Å². The molecule has 0 aliphatic rings. The fourth-order valence-electron chi connectivity index (χ4n) is 0.720. The van der Waals surface area contributed by atoms with Crippen molar-refractivity contribution in [1.29, 1.82) is 0 Å². The molecule has 1 unspecified atom stereocenters. The molecule has 0 spiro atoms. The second-order valence-electron chi connectivity index (χ2n) is 4.17. The van der Waals surface area contributed by atoms with Crippen molar-refractivity contribution in [2.24, 2.45) is 5.73 Å². The number of carbonyl (C=O) groups is 1. The van der Waals surface area contributed by atoms with Gasteiger partial charge in [0.25, 0.3) is 0 Å². The Labute approximate surface area is 86.4 Å². The SMILES string of the molecule is CC(C)(C)OC(N)=O.CCCC(C)O. The van der Waals surface area contributed by atoms with Crippen LogP contribution in [0.5, 0.6) is 0 Å². The highest BCUT2D eigenvalue weighted by atomic mass is 16.6. The average molecular weight is 205 g/mol. The van der Waals surface area contributed by atoms with Crippen molar-refractivity contribution >= 4 is 6.09 Å². The number of ether oxygens (including phenoxy) is 1. The van der Waals surface area contributed by atoms with Crippen LogP contribution in [-0.2, 0) is 4.74 Å². The molecule has 0 fully saturated rings. The minimum Gasteiger partial charge on any atom is -0.444 e. The molecule has 0 rings (SSSR count).